The molecule has 0 amide bonds. The van der Waals surface area contributed by atoms with Gasteiger partial charge in [-0.15, -0.1) is 11.3 Å². The van der Waals surface area contributed by atoms with Gasteiger partial charge < -0.3 is 10.8 Å². The standard InChI is InChI=1S/C10H8N2OS/c11-4-7-2-8(12)1-6-3-9(5-13)14-10(6)7/h1-3,13H,5,12H2. The number of thiophene rings is 1. The summed E-state index contributed by atoms with van der Waals surface area (Å²) in [4.78, 5) is 0.849. The first kappa shape index (κ1) is 9.00. The van der Waals surface area contributed by atoms with Gasteiger partial charge in [0.25, 0.3) is 0 Å². The molecule has 0 aliphatic rings. The van der Waals surface area contributed by atoms with Crippen molar-refractivity contribution in [3.63, 3.8) is 0 Å². The predicted octanol–water partition coefficient (Wildman–Crippen LogP) is 1.85. The Kier molecular flexibility index (Phi) is 2.12. The fourth-order valence-electron chi connectivity index (χ4n) is 1.39. The van der Waals surface area contributed by atoms with Gasteiger partial charge in [-0.3, -0.25) is 0 Å². The smallest absolute Gasteiger partial charge is 0.101 e. The Bertz CT molecular complexity index is 525. The monoisotopic (exact) mass is 204 g/mol. The molecule has 0 aliphatic carbocycles. The number of nitrogens with two attached hydrogens (primary N) is 1. The van der Waals surface area contributed by atoms with Gasteiger partial charge in [0.15, 0.2) is 0 Å². The van der Waals surface area contributed by atoms with Crippen molar-refractivity contribution in [2.24, 2.45) is 0 Å². The van der Waals surface area contributed by atoms with E-state index in [9.17, 15) is 0 Å². The van der Waals surface area contributed by atoms with E-state index in [0.717, 1.165) is 15.0 Å². The molecule has 0 saturated heterocycles. The third-order valence-corrected chi connectivity index (χ3v) is 3.13. The van der Waals surface area contributed by atoms with Gasteiger partial charge >= 0.3 is 0 Å². The fourth-order valence-corrected chi connectivity index (χ4v) is 2.35. The number of aliphatic hydroxyl groups is 1. The van der Waals surface area contributed by atoms with Gasteiger partial charge in [0.05, 0.1) is 16.9 Å². The van der Waals surface area contributed by atoms with Gasteiger partial charge in [-0.25, -0.2) is 0 Å². The van der Waals surface area contributed by atoms with Crippen molar-refractivity contribution in [3.05, 3.63) is 28.6 Å². The number of nitrogens with zero attached hydrogens (tertiary/aromatic N) is 1. The molecular weight excluding hydrogens is 196 g/mol. The first-order valence-corrected chi connectivity index (χ1v) is 4.89. The van der Waals surface area contributed by atoms with E-state index in [1.54, 1.807) is 6.07 Å². The van der Waals surface area contributed by atoms with Crippen LogP contribution in [0.3, 0.4) is 0 Å². The molecule has 0 unspecified atom stereocenters. The van der Waals surface area contributed by atoms with Gasteiger partial charge in [0.2, 0.25) is 0 Å². The Balaban J connectivity index is 2.79. The van der Waals surface area contributed by atoms with E-state index in [1.165, 1.54) is 11.3 Å². The zero-order valence-corrected chi connectivity index (χ0v) is 8.14. The molecule has 0 aliphatic heterocycles. The molecular formula is C10H8N2OS. The lowest BCUT2D eigenvalue weighted by Crippen LogP contribution is -1.85. The Hall–Kier alpha value is -1.57. The SMILES string of the molecule is N#Cc1cc(N)cc2cc(CO)sc12. The van der Waals surface area contributed by atoms with Gasteiger partial charge in [0.1, 0.15) is 6.07 Å². The molecule has 14 heavy (non-hydrogen) atoms. The van der Waals surface area contributed by atoms with E-state index in [2.05, 4.69) is 6.07 Å². The molecule has 4 heteroatoms. The lowest BCUT2D eigenvalue weighted by molar-refractivity contribution is 0.285. The number of hydrogen-bond acceptors (Lipinski definition) is 4. The maximum absolute atomic E-state index is 8.97. The van der Waals surface area contributed by atoms with E-state index < -0.39 is 0 Å². The Morgan fingerprint density at radius 1 is 1.43 bits per heavy atom. The van der Waals surface area contributed by atoms with Crippen LogP contribution in [0.4, 0.5) is 5.69 Å². The number of nitriles is 1. The lowest BCUT2D eigenvalue weighted by atomic mass is 10.1. The minimum atomic E-state index is 0.00409. The minimum Gasteiger partial charge on any atom is -0.399 e. The number of fused-ring (bicyclic) bond motifs is 1. The second-order valence-electron chi connectivity index (χ2n) is 2.97. The van der Waals surface area contributed by atoms with Crippen LogP contribution in [0.15, 0.2) is 18.2 Å². The van der Waals surface area contributed by atoms with Crippen LogP contribution in [-0.4, -0.2) is 5.11 Å². The predicted molar refractivity (Wildman–Crippen MR) is 56.9 cm³/mol. The summed E-state index contributed by atoms with van der Waals surface area (Å²) in [7, 11) is 0. The van der Waals surface area contributed by atoms with Gasteiger partial charge in [-0.1, -0.05) is 0 Å². The van der Waals surface area contributed by atoms with Crippen LogP contribution in [0.1, 0.15) is 10.4 Å². The molecule has 2 rings (SSSR count). The van der Waals surface area contributed by atoms with E-state index >= 15 is 0 Å². The van der Waals surface area contributed by atoms with E-state index in [1.807, 2.05) is 12.1 Å². The van der Waals surface area contributed by atoms with E-state index in [-0.39, 0.29) is 6.61 Å². The summed E-state index contributed by atoms with van der Waals surface area (Å²) in [6, 6.07) is 7.42. The largest absolute Gasteiger partial charge is 0.399 e. The first-order valence-electron chi connectivity index (χ1n) is 4.07. The molecule has 3 N–H and O–H groups in total. The van der Waals surface area contributed by atoms with Gasteiger partial charge in [0, 0.05) is 10.6 Å². The van der Waals surface area contributed by atoms with Crippen LogP contribution in [0.2, 0.25) is 0 Å². The van der Waals surface area contributed by atoms with Crippen LogP contribution in [0, 0.1) is 11.3 Å². The van der Waals surface area contributed by atoms with Gasteiger partial charge in [-0.05, 0) is 23.6 Å². The molecule has 0 spiro atoms. The summed E-state index contributed by atoms with van der Waals surface area (Å²) >= 11 is 1.43. The number of hydrogen-bond donors (Lipinski definition) is 2. The highest BCUT2D eigenvalue weighted by molar-refractivity contribution is 7.19. The van der Waals surface area contributed by atoms with Crippen molar-refractivity contribution < 1.29 is 5.11 Å². The van der Waals surface area contributed by atoms with Crippen LogP contribution >= 0.6 is 11.3 Å². The third-order valence-electron chi connectivity index (χ3n) is 1.97. The average molecular weight is 204 g/mol. The van der Waals surface area contributed by atoms with Crippen LogP contribution in [0.25, 0.3) is 10.1 Å². The number of anilines is 1. The van der Waals surface area contributed by atoms with Crippen LogP contribution in [-0.2, 0) is 6.61 Å². The van der Waals surface area contributed by atoms with Crippen molar-refractivity contribution >= 4 is 27.1 Å². The molecule has 70 valence electrons. The highest BCUT2D eigenvalue weighted by Crippen LogP contribution is 2.30. The van der Waals surface area contributed by atoms with Crippen molar-refractivity contribution in [2.45, 2.75) is 6.61 Å². The van der Waals surface area contributed by atoms with Crippen LogP contribution in [0.5, 0.6) is 0 Å². The highest BCUT2D eigenvalue weighted by Gasteiger charge is 2.06. The topological polar surface area (TPSA) is 70.0 Å². The molecule has 0 radical (unpaired) electrons. The second kappa shape index (κ2) is 3.29. The normalized spacial score (nSPS) is 10.3. The molecule has 0 atom stereocenters. The number of rotatable bonds is 1. The molecule has 0 fully saturated rings. The quantitative estimate of drug-likeness (QED) is 0.696. The van der Waals surface area contributed by atoms with E-state index in [0.29, 0.717) is 11.3 Å². The summed E-state index contributed by atoms with van der Waals surface area (Å²) in [5, 5.41) is 18.8. The van der Waals surface area contributed by atoms with E-state index in [4.69, 9.17) is 16.1 Å². The maximum atomic E-state index is 8.97. The first-order chi connectivity index (χ1) is 6.74. The van der Waals surface area contributed by atoms with Crippen molar-refractivity contribution in [1.29, 1.82) is 5.26 Å². The summed E-state index contributed by atoms with van der Waals surface area (Å²) in [5.41, 5.74) is 6.80. The molecule has 1 heterocycles. The van der Waals surface area contributed by atoms with Crippen molar-refractivity contribution in [1.82, 2.24) is 0 Å². The fraction of sp³-hybridized carbons (Fsp3) is 0.100. The second-order valence-corrected chi connectivity index (χ2v) is 4.11. The van der Waals surface area contributed by atoms with Gasteiger partial charge in [-0.2, -0.15) is 5.26 Å². The summed E-state index contributed by atoms with van der Waals surface area (Å²) in [5.74, 6) is 0. The Morgan fingerprint density at radius 2 is 2.21 bits per heavy atom. The van der Waals surface area contributed by atoms with Crippen LogP contribution < -0.4 is 5.73 Å². The molecule has 0 saturated carbocycles. The van der Waals surface area contributed by atoms with Crippen molar-refractivity contribution in [2.75, 3.05) is 5.73 Å². The molecule has 0 bridgehead atoms. The van der Waals surface area contributed by atoms with Crippen molar-refractivity contribution in [3.8, 4) is 6.07 Å². The Labute approximate surface area is 85.0 Å². The average Bonchev–Trinajstić information content (AvgIpc) is 2.59. The number of benzene rings is 1. The summed E-state index contributed by atoms with van der Waals surface area (Å²) < 4.78 is 0.894. The highest BCUT2D eigenvalue weighted by atomic mass is 32.1. The lowest BCUT2D eigenvalue weighted by Gasteiger charge is -1.95. The summed E-state index contributed by atoms with van der Waals surface area (Å²) in [6.45, 7) is 0.00409. The molecule has 1 aromatic heterocycles. The molecule has 3 nitrogen and oxygen atoms in total. The summed E-state index contributed by atoms with van der Waals surface area (Å²) in [6.07, 6.45) is 0. The zero-order valence-electron chi connectivity index (χ0n) is 7.32. The minimum absolute atomic E-state index is 0.00409. The maximum Gasteiger partial charge on any atom is 0.101 e. The zero-order chi connectivity index (χ0) is 10.1. The third kappa shape index (κ3) is 1.33. The molecule has 1 aromatic carbocycles. The number of aliphatic hydroxyl groups excluding tert-OH is 1. The molecule has 2 aromatic rings. The number of nitrogen functional groups attached to an aromatic ring is 1. The Morgan fingerprint density at radius 3 is 2.86 bits per heavy atom.